The predicted molar refractivity (Wildman–Crippen MR) is 84.6 cm³/mol. The summed E-state index contributed by atoms with van der Waals surface area (Å²) in [6.45, 7) is 4.28. The SMILES string of the molecule is CC1CCN(c2ncnc(Nc3ccncc3)c2N)CC1. The first kappa shape index (κ1) is 13.6. The van der Waals surface area contributed by atoms with Crippen LogP contribution in [0, 0.1) is 5.92 Å². The zero-order valence-corrected chi connectivity index (χ0v) is 12.2. The molecule has 6 nitrogen and oxygen atoms in total. The molecule has 0 radical (unpaired) electrons. The Morgan fingerprint density at radius 2 is 1.90 bits per heavy atom. The molecule has 6 heteroatoms. The van der Waals surface area contributed by atoms with Crippen LogP contribution >= 0.6 is 0 Å². The molecule has 0 aromatic carbocycles. The molecule has 0 amide bonds. The van der Waals surface area contributed by atoms with Gasteiger partial charge in [0.2, 0.25) is 0 Å². The maximum absolute atomic E-state index is 6.25. The maximum atomic E-state index is 6.25. The fourth-order valence-corrected chi connectivity index (χ4v) is 2.53. The van der Waals surface area contributed by atoms with Crippen LogP contribution in [0.2, 0.25) is 0 Å². The average Bonchev–Trinajstić information content (AvgIpc) is 2.52. The van der Waals surface area contributed by atoms with E-state index in [1.54, 1.807) is 18.7 Å². The summed E-state index contributed by atoms with van der Waals surface area (Å²) in [5.74, 6) is 2.25. The minimum Gasteiger partial charge on any atom is -0.393 e. The molecule has 0 spiro atoms. The molecule has 1 aliphatic rings. The van der Waals surface area contributed by atoms with Crippen LogP contribution < -0.4 is 16.0 Å². The Hall–Kier alpha value is -2.37. The van der Waals surface area contributed by atoms with Gasteiger partial charge in [-0.3, -0.25) is 4.98 Å². The number of rotatable bonds is 3. The van der Waals surface area contributed by atoms with Gasteiger partial charge in [-0.2, -0.15) is 0 Å². The van der Waals surface area contributed by atoms with Crippen LogP contribution in [-0.4, -0.2) is 28.0 Å². The van der Waals surface area contributed by atoms with Crippen molar-refractivity contribution in [3.63, 3.8) is 0 Å². The van der Waals surface area contributed by atoms with Gasteiger partial charge in [-0.15, -0.1) is 0 Å². The van der Waals surface area contributed by atoms with Crippen molar-refractivity contribution in [1.29, 1.82) is 0 Å². The van der Waals surface area contributed by atoms with Gasteiger partial charge >= 0.3 is 0 Å². The molecule has 0 bridgehead atoms. The van der Waals surface area contributed by atoms with Crippen molar-refractivity contribution < 1.29 is 0 Å². The average molecular weight is 284 g/mol. The molecule has 3 N–H and O–H groups in total. The molecule has 0 unspecified atom stereocenters. The first-order valence-corrected chi connectivity index (χ1v) is 7.26. The van der Waals surface area contributed by atoms with Gasteiger partial charge in [-0.25, -0.2) is 9.97 Å². The Bertz CT molecular complexity index is 592. The highest BCUT2D eigenvalue weighted by atomic mass is 15.2. The zero-order valence-electron chi connectivity index (χ0n) is 12.2. The highest BCUT2D eigenvalue weighted by molar-refractivity contribution is 5.78. The second-order valence-electron chi connectivity index (χ2n) is 5.49. The molecule has 1 fully saturated rings. The number of aromatic nitrogens is 3. The number of nitrogens with one attached hydrogen (secondary N) is 1. The molecule has 1 saturated heterocycles. The van der Waals surface area contributed by atoms with E-state index in [9.17, 15) is 0 Å². The molecular weight excluding hydrogens is 264 g/mol. The van der Waals surface area contributed by atoms with Crippen molar-refractivity contribution in [2.45, 2.75) is 19.8 Å². The first-order chi connectivity index (χ1) is 10.2. The summed E-state index contributed by atoms with van der Waals surface area (Å²) >= 11 is 0. The van der Waals surface area contributed by atoms with Crippen molar-refractivity contribution >= 4 is 23.0 Å². The van der Waals surface area contributed by atoms with Gasteiger partial charge in [0.25, 0.3) is 0 Å². The van der Waals surface area contributed by atoms with Gasteiger partial charge < -0.3 is 16.0 Å². The van der Waals surface area contributed by atoms with Crippen LogP contribution in [0.3, 0.4) is 0 Å². The molecule has 0 saturated carbocycles. The van der Waals surface area contributed by atoms with Crippen molar-refractivity contribution in [2.24, 2.45) is 5.92 Å². The van der Waals surface area contributed by atoms with E-state index in [-0.39, 0.29) is 0 Å². The fraction of sp³-hybridized carbons (Fsp3) is 0.400. The Morgan fingerprint density at radius 1 is 1.19 bits per heavy atom. The summed E-state index contributed by atoms with van der Waals surface area (Å²) in [4.78, 5) is 14.9. The lowest BCUT2D eigenvalue weighted by Gasteiger charge is -2.32. The van der Waals surface area contributed by atoms with E-state index in [1.165, 1.54) is 12.8 Å². The minimum atomic E-state index is 0.601. The van der Waals surface area contributed by atoms with Crippen LogP contribution in [0.5, 0.6) is 0 Å². The summed E-state index contributed by atoms with van der Waals surface area (Å²) in [5.41, 5.74) is 7.76. The molecule has 2 aromatic heterocycles. The fourth-order valence-electron chi connectivity index (χ4n) is 2.53. The van der Waals surface area contributed by atoms with Crippen LogP contribution in [0.4, 0.5) is 23.0 Å². The largest absolute Gasteiger partial charge is 0.393 e. The smallest absolute Gasteiger partial charge is 0.159 e. The number of anilines is 4. The van der Waals surface area contributed by atoms with E-state index in [1.807, 2.05) is 12.1 Å². The molecule has 2 aromatic rings. The van der Waals surface area contributed by atoms with Crippen LogP contribution in [-0.2, 0) is 0 Å². The van der Waals surface area contributed by atoms with Crippen LogP contribution in [0.15, 0.2) is 30.9 Å². The van der Waals surface area contributed by atoms with Crippen LogP contribution in [0.1, 0.15) is 19.8 Å². The molecule has 3 rings (SSSR count). The standard InChI is InChI=1S/C15H20N6/c1-11-4-8-21(9-5-11)15-13(16)14(18-10-19-15)20-12-2-6-17-7-3-12/h2-3,6-7,10-11H,4-5,8-9,16H2,1H3,(H,17,18,19,20). The lowest BCUT2D eigenvalue weighted by molar-refractivity contribution is 0.437. The Kier molecular flexibility index (Phi) is 3.85. The van der Waals surface area contributed by atoms with Gasteiger partial charge in [0.1, 0.15) is 12.0 Å². The van der Waals surface area contributed by atoms with Crippen molar-refractivity contribution in [3.05, 3.63) is 30.9 Å². The quantitative estimate of drug-likeness (QED) is 0.901. The lowest BCUT2D eigenvalue weighted by Crippen LogP contribution is -2.34. The van der Waals surface area contributed by atoms with E-state index < -0.39 is 0 Å². The third kappa shape index (κ3) is 3.04. The lowest BCUT2D eigenvalue weighted by atomic mass is 9.99. The molecule has 0 atom stereocenters. The number of nitrogens with zero attached hydrogens (tertiary/aromatic N) is 4. The van der Waals surface area contributed by atoms with Gasteiger partial charge in [0, 0.05) is 31.2 Å². The van der Waals surface area contributed by atoms with Gasteiger partial charge in [-0.1, -0.05) is 6.92 Å². The Labute approximate surface area is 124 Å². The second-order valence-corrected chi connectivity index (χ2v) is 5.49. The van der Waals surface area contributed by atoms with Gasteiger partial charge in [0.15, 0.2) is 11.6 Å². The highest BCUT2D eigenvalue weighted by Gasteiger charge is 2.20. The minimum absolute atomic E-state index is 0.601. The number of hydrogen-bond acceptors (Lipinski definition) is 6. The van der Waals surface area contributed by atoms with E-state index in [0.717, 1.165) is 30.5 Å². The summed E-state index contributed by atoms with van der Waals surface area (Å²) in [6, 6.07) is 3.76. The Morgan fingerprint density at radius 3 is 2.62 bits per heavy atom. The van der Waals surface area contributed by atoms with Gasteiger partial charge in [-0.05, 0) is 30.9 Å². The van der Waals surface area contributed by atoms with E-state index in [0.29, 0.717) is 11.5 Å². The number of nitrogens with two attached hydrogens (primary N) is 1. The highest BCUT2D eigenvalue weighted by Crippen LogP contribution is 2.30. The molecule has 0 aliphatic carbocycles. The monoisotopic (exact) mass is 284 g/mol. The molecule has 1 aliphatic heterocycles. The van der Waals surface area contributed by atoms with E-state index in [4.69, 9.17) is 5.73 Å². The topological polar surface area (TPSA) is 80.0 Å². The molecular formula is C15H20N6. The number of pyridine rings is 1. The van der Waals surface area contributed by atoms with Crippen molar-refractivity contribution in [2.75, 3.05) is 29.0 Å². The number of piperidine rings is 1. The first-order valence-electron chi connectivity index (χ1n) is 7.26. The second kappa shape index (κ2) is 5.95. The van der Waals surface area contributed by atoms with Gasteiger partial charge in [0.05, 0.1) is 0 Å². The summed E-state index contributed by atoms with van der Waals surface area (Å²) < 4.78 is 0. The molecule has 21 heavy (non-hydrogen) atoms. The van der Waals surface area contributed by atoms with Crippen molar-refractivity contribution in [1.82, 2.24) is 15.0 Å². The Balaban J connectivity index is 1.82. The third-order valence-electron chi connectivity index (χ3n) is 3.89. The molecule has 3 heterocycles. The third-order valence-corrected chi connectivity index (χ3v) is 3.89. The maximum Gasteiger partial charge on any atom is 0.159 e. The zero-order chi connectivity index (χ0) is 14.7. The van der Waals surface area contributed by atoms with E-state index in [2.05, 4.69) is 32.1 Å². The predicted octanol–water partition coefficient (Wildman–Crippen LogP) is 2.43. The van der Waals surface area contributed by atoms with Crippen molar-refractivity contribution in [3.8, 4) is 0 Å². The summed E-state index contributed by atoms with van der Waals surface area (Å²) in [5, 5.41) is 3.22. The number of hydrogen-bond donors (Lipinski definition) is 2. The molecule has 110 valence electrons. The van der Waals surface area contributed by atoms with Crippen LogP contribution in [0.25, 0.3) is 0 Å². The normalized spacial score (nSPS) is 16.0. The summed E-state index contributed by atoms with van der Waals surface area (Å²) in [6.07, 6.45) is 7.37. The number of nitrogen functional groups attached to an aromatic ring is 1. The summed E-state index contributed by atoms with van der Waals surface area (Å²) in [7, 11) is 0. The van der Waals surface area contributed by atoms with E-state index >= 15 is 0 Å².